The van der Waals surface area contributed by atoms with Gasteiger partial charge in [0.15, 0.2) is 0 Å². The summed E-state index contributed by atoms with van der Waals surface area (Å²) in [5.74, 6) is 0. The predicted molar refractivity (Wildman–Crippen MR) is 58.9 cm³/mol. The Morgan fingerprint density at radius 3 is 2.15 bits per heavy atom. The van der Waals surface area contributed by atoms with Crippen molar-refractivity contribution in [2.45, 2.75) is 33.3 Å². The predicted octanol–water partition coefficient (Wildman–Crippen LogP) is 3.29. The molecule has 0 atom stereocenters. The molecular formula is C11H15BrO. The molecule has 0 amide bonds. The van der Waals surface area contributed by atoms with Crippen LogP contribution < -0.4 is 0 Å². The molecule has 0 fully saturated rings. The first-order chi connectivity index (χ1) is 5.84. The van der Waals surface area contributed by atoms with Gasteiger partial charge in [0.05, 0.1) is 5.60 Å². The first-order valence-corrected chi connectivity index (χ1v) is 5.12. The first-order valence-electron chi connectivity index (χ1n) is 4.32. The van der Waals surface area contributed by atoms with Crippen molar-refractivity contribution in [2.24, 2.45) is 0 Å². The van der Waals surface area contributed by atoms with Gasteiger partial charge in [0, 0.05) is 10.0 Å². The van der Waals surface area contributed by atoms with Gasteiger partial charge in [-0.2, -0.15) is 0 Å². The lowest BCUT2D eigenvalue weighted by molar-refractivity contribution is 0.0771. The third-order valence-electron chi connectivity index (χ3n) is 2.30. The summed E-state index contributed by atoms with van der Waals surface area (Å²) in [6.45, 7) is 7.70. The molecule has 0 aliphatic carbocycles. The zero-order valence-electron chi connectivity index (χ0n) is 8.48. The second kappa shape index (κ2) is 3.43. The van der Waals surface area contributed by atoms with Crippen molar-refractivity contribution in [2.75, 3.05) is 0 Å². The van der Waals surface area contributed by atoms with Crippen molar-refractivity contribution in [3.05, 3.63) is 33.3 Å². The standard InChI is InChI=1S/C11H15BrO/c1-7-5-6-9(12)10(8(7)2)11(3,4)13/h5-6,13H,1-4H3. The minimum atomic E-state index is -0.783. The van der Waals surface area contributed by atoms with Gasteiger partial charge in [0.2, 0.25) is 0 Å². The van der Waals surface area contributed by atoms with Crippen molar-refractivity contribution in [3.8, 4) is 0 Å². The molecule has 0 aliphatic heterocycles. The van der Waals surface area contributed by atoms with Gasteiger partial charge < -0.3 is 5.11 Å². The summed E-state index contributed by atoms with van der Waals surface area (Å²) in [6.07, 6.45) is 0. The van der Waals surface area contributed by atoms with E-state index in [-0.39, 0.29) is 0 Å². The van der Waals surface area contributed by atoms with Crippen molar-refractivity contribution >= 4 is 15.9 Å². The number of hydrogen-bond acceptors (Lipinski definition) is 1. The highest BCUT2D eigenvalue weighted by molar-refractivity contribution is 9.10. The lowest BCUT2D eigenvalue weighted by Crippen LogP contribution is -2.18. The molecule has 1 nitrogen and oxygen atoms in total. The minimum Gasteiger partial charge on any atom is -0.386 e. The Balaban J connectivity index is 3.43. The van der Waals surface area contributed by atoms with E-state index in [4.69, 9.17) is 0 Å². The summed E-state index contributed by atoms with van der Waals surface area (Å²) in [4.78, 5) is 0. The molecule has 1 rings (SSSR count). The molecule has 1 N–H and O–H groups in total. The highest BCUT2D eigenvalue weighted by Crippen LogP contribution is 2.32. The van der Waals surface area contributed by atoms with Gasteiger partial charge in [-0.3, -0.25) is 0 Å². The van der Waals surface area contributed by atoms with Crippen molar-refractivity contribution < 1.29 is 5.11 Å². The Bertz CT molecular complexity index is 324. The average Bonchev–Trinajstić information content (AvgIpc) is 1.95. The quantitative estimate of drug-likeness (QED) is 0.802. The summed E-state index contributed by atoms with van der Waals surface area (Å²) < 4.78 is 0.975. The van der Waals surface area contributed by atoms with Crippen molar-refractivity contribution in [3.63, 3.8) is 0 Å². The van der Waals surface area contributed by atoms with Crippen molar-refractivity contribution in [1.29, 1.82) is 0 Å². The number of halogens is 1. The molecule has 0 aliphatic rings. The van der Waals surface area contributed by atoms with E-state index in [1.54, 1.807) is 13.8 Å². The number of aryl methyl sites for hydroxylation is 1. The van der Waals surface area contributed by atoms with Crippen LogP contribution in [0.2, 0.25) is 0 Å². The van der Waals surface area contributed by atoms with E-state index in [1.165, 1.54) is 5.56 Å². The summed E-state index contributed by atoms with van der Waals surface area (Å²) in [5, 5.41) is 9.95. The van der Waals surface area contributed by atoms with E-state index in [9.17, 15) is 5.11 Å². The monoisotopic (exact) mass is 242 g/mol. The molecular weight excluding hydrogens is 228 g/mol. The lowest BCUT2D eigenvalue weighted by atomic mass is 9.91. The van der Waals surface area contributed by atoms with E-state index in [2.05, 4.69) is 28.9 Å². The van der Waals surface area contributed by atoms with Gasteiger partial charge in [-0.05, 0) is 44.9 Å². The van der Waals surface area contributed by atoms with E-state index < -0.39 is 5.60 Å². The van der Waals surface area contributed by atoms with Crippen LogP contribution in [-0.4, -0.2) is 5.11 Å². The molecule has 0 radical (unpaired) electrons. The van der Waals surface area contributed by atoms with Gasteiger partial charge in [-0.1, -0.05) is 22.0 Å². The normalized spacial score (nSPS) is 11.8. The third kappa shape index (κ3) is 2.12. The molecule has 0 aromatic heterocycles. The van der Waals surface area contributed by atoms with Crippen LogP contribution in [0.4, 0.5) is 0 Å². The molecule has 0 unspecified atom stereocenters. The van der Waals surface area contributed by atoms with Crippen LogP contribution in [0, 0.1) is 13.8 Å². The van der Waals surface area contributed by atoms with Gasteiger partial charge >= 0.3 is 0 Å². The van der Waals surface area contributed by atoms with Gasteiger partial charge in [0.1, 0.15) is 0 Å². The SMILES string of the molecule is Cc1ccc(Br)c(C(C)(C)O)c1C. The Kier molecular flexibility index (Phi) is 2.83. The molecule has 1 aromatic carbocycles. The van der Waals surface area contributed by atoms with E-state index in [0.717, 1.165) is 15.6 Å². The Hall–Kier alpha value is -0.340. The number of benzene rings is 1. The molecule has 0 saturated carbocycles. The second-order valence-electron chi connectivity index (χ2n) is 3.92. The molecule has 2 heteroatoms. The smallest absolute Gasteiger partial charge is 0.0854 e. The number of rotatable bonds is 1. The fraction of sp³-hybridized carbons (Fsp3) is 0.455. The highest BCUT2D eigenvalue weighted by Gasteiger charge is 2.21. The minimum absolute atomic E-state index is 0.783. The van der Waals surface area contributed by atoms with Crippen molar-refractivity contribution in [1.82, 2.24) is 0 Å². The topological polar surface area (TPSA) is 20.2 Å². The zero-order valence-corrected chi connectivity index (χ0v) is 10.1. The molecule has 13 heavy (non-hydrogen) atoms. The van der Waals surface area contributed by atoms with Crippen LogP contribution in [0.1, 0.15) is 30.5 Å². The number of hydrogen-bond donors (Lipinski definition) is 1. The van der Waals surface area contributed by atoms with Crippen LogP contribution >= 0.6 is 15.9 Å². The summed E-state index contributed by atoms with van der Waals surface area (Å²) in [5.41, 5.74) is 2.56. The van der Waals surface area contributed by atoms with E-state index in [1.807, 2.05) is 13.0 Å². The van der Waals surface area contributed by atoms with Gasteiger partial charge in [0.25, 0.3) is 0 Å². The lowest BCUT2D eigenvalue weighted by Gasteiger charge is -2.23. The maximum absolute atomic E-state index is 9.95. The fourth-order valence-corrected chi connectivity index (χ4v) is 2.45. The highest BCUT2D eigenvalue weighted by atomic mass is 79.9. The molecule has 0 heterocycles. The maximum atomic E-state index is 9.95. The van der Waals surface area contributed by atoms with Crippen LogP contribution in [0.3, 0.4) is 0 Å². The average molecular weight is 243 g/mol. The Labute approximate surface area is 87.9 Å². The Morgan fingerprint density at radius 1 is 1.23 bits per heavy atom. The second-order valence-corrected chi connectivity index (χ2v) is 4.78. The van der Waals surface area contributed by atoms with Crippen LogP contribution in [-0.2, 0) is 5.60 Å². The largest absolute Gasteiger partial charge is 0.386 e. The van der Waals surface area contributed by atoms with Gasteiger partial charge in [-0.15, -0.1) is 0 Å². The van der Waals surface area contributed by atoms with E-state index in [0.29, 0.717) is 0 Å². The number of aliphatic hydroxyl groups is 1. The first kappa shape index (κ1) is 10.7. The molecule has 0 saturated heterocycles. The third-order valence-corrected chi connectivity index (χ3v) is 2.96. The van der Waals surface area contributed by atoms with E-state index >= 15 is 0 Å². The zero-order chi connectivity index (χ0) is 10.2. The van der Waals surface area contributed by atoms with Gasteiger partial charge in [-0.25, -0.2) is 0 Å². The Morgan fingerprint density at radius 2 is 1.77 bits per heavy atom. The molecule has 0 spiro atoms. The van der Waals surface area contributed by atoms with Crippen LogP contribution in [0.25, 0.3) is 0 Å². The molecule has 72 valence electrons. The molecule has 1 aromatic rings. The fourth-order valence-electron chi connectivity index (χ4n) is 1.53. The maximum Gasteiger partial charge on any atom is 0.0854 e. The summed E-state index contributed by atoms with van der Waals surface area (Å²) >= 11 is 3.46. The summed E-state index contributed by atoms with van der Waals surface area (Å²) in [7, 11) is 0. The summed E-state index contributed by atoms with van der Waals surface area (Å²) in [6, 6.07) is 4.03. The molecule has 0 bridgehead atoms. The van der Waals surface area contributed by atoms with Crippen LogP contribution in [0.15, 0.2) is 16.6 Å². The van der Waals surface area contributed by atoms with Crippen LogP contribution in [0.5, 0.6) is 0 Å².